The van der Waals surface area contributed by atoms with E-state index in [1.54, 1.807) is 0 Å². The van der Waals surface area contributed by atoms with Crippen molar-refractivity contribution < 1.29 is 4.79 Å². The minimum Gasteiger partial charge on any atom is -0.356 e. The van der Waals surface area contributed by atoms with Crippen LogP contribution in [-0.2, 0) is 4.79 Å². The summed E-state index contributed by atoms with van der Waals surface area (Å²) in [6.45, 7) is 5.32. The molecule has 0 aromatic heterocycles. The summed E-state index contributed by atoms with van der Waals surface area (Å²) in [5, 5.41) is 3.12. The molecule has 0 aromatic rings. The third-order valence-corrected chi connectivity index (χ3v) is 4.70. The first-order chi connectivity index (χ1) is 8.08. The molecule has 0 bridgehead atoms. The van der Waals surface area contributed by atoms with Gasteiger partial charge in [-0.2, -0.15) is 0 Å². The Kier molecular flexibility index (Phi) is 6.82. The lowest BCUT2D eigenvalue weighted by Gasteiger charge is -2.25. The maximum Gasteiger partial charge on any atom is 0.223 e. The van der Waals surface area contributed by atoms with E-state index < -0.39 is 0 Å². The van der Waals surface area contributed by atoms with Crippen LogP contribution in [0.25, 0.3) is 0 Å². The molecular formula is C14H26INO. The molecule has 0 aliphatic heterocycles. The van der Waals surface area contributed by atoms with Crippen LogP contribution in [-0.4, -0.2) is 16.9 Å². The molecule has 3 heteroatoms. The molecule has 1 aliphatic rings. The predicted molar refractivity (Wildman–Crippen MR) is 81.5 cm³/mol. The SMILES string of the molecule is CC1(C)CCCC1C(=O)NCCCCCCI. The van der Waals surface area contributed by atoms with E-state index in [0.29, 0.717) is 5.91 Å². The smallest absolute Gasteiger partial charge is 0.223 e. The van der Waals surface area contributed by atoms with Crippen molar-refractivity contribution >= 4 is 28.5 Å². The van der Waals surface area contributed by atoms with Crippen molar-refractivity contribution in [1.82, 2.24) is 5.32 Å². The first kappa shape index (κ1) is 15.3. The molecule has 1 rings (SSSR count). The number of rotatable bonds is 7. The summed E-state index contributed by atoms with van der Waals surface area (Å²) in [5.74, 6) is 0.540. The van der Waals surface area contributed by atoms with Gasteiger partial charge in [-0.15, -0.1) is 0 Å². The maximum atomic E-state index is 12.0. The molecule has 0 radical (unpaired) electrons. The van der Waals surface area contributed by atoms with Crippen molar-refractivity contribution in [2.45, 2.75) is 58.8 Å². The lowest BCUT2D eigenvalue weighted by Crippen LogP contribution is -2.36. The van der Waals surface area contributed by atoms with E-state index >= 15 is 0 Å². The van der Waals surface area contributed by atoms with Crippen molar-refractivity contribution in [2.75, 3.05) is 11.0 Å². The number of unbranched alkanes of at least 4 members (excludes halogenated alkanes) is 3. The molecule has 100 valence electrons. The lowest BCUT2D eigenvalue weighted by molar-refractivity contribution is -0.127. The Bertz CT molecular complexity index is 240. The van der Waals surface area contributed by atoms with Gasteiger partial charge in [-0.1, -0.05) is 55.7 Å². The van der Waals surface area contributed by atoms with Crippen LogP contribution >= 0.6 is 22.6 Å². The molecule has 1 unspecified atom stereocenters. The van der Waals surface area contributed by atoms with E-state index in [2.05, 4.69) is 41.8 Å². The molecule has 17 heavy (non-hydrogen) atoms. The molecule has 0 spiro atoms. The van der Waals surface area contributed by atoms with Crippen LogP contribution in [0.15, 0.2) is 0 Å². The highest BCUT2D eigenvalue weighted by atomic mass is 127. The number of alkyl halides is 1. The molecule has 0 aromatic carbocycles. The van der Waals surface area contributed by atoms with Gasteiger partial charge < -0.3 is 5.32 Å². The number of carbonyl (C=O) groups excluding carboxylic acids is 1. The molecule has 2 nitrogen and oxygen atoms in total. The fraction of sp³-hybridized carbons (Fsp3) is 0.929. The summed E-state index contributed by atoms with van der Waals surface area (Å²) >= 11 is 2.42. The van der Waals surface area contributed by atoms with Crippen LogP contribution in [0.5, 0.6) is 0 Å². The monoisotopic (exact) mass is 351 g/mol. The molecule has 1 N–H and O–H groups in total. The highest BCUT2D eigenvalue weighted by molar-refractivity contribution is 14.1. The van der Waals surface area contributed by atoms with E-state index in [4.69, 9.17) is 0 Å². The zero-order chi connectivity index (χ0) is 12.7. The second-order valence-electron chi connectivity index (χ2n) is 5.83. The van der Waals surface area contributed by atoms with Crippen LogP contribution in [0.1, 0.15) is 58.8 Å². The van der Waals surface area contributed by atoms with Gasteiger partial charge in [0.15, 0.2) is 0 Å². The first-order valence-corrected chi connectivity index (χ1v) is 8.44. The third-order valence-electron chi connectivity index (χ3n) is 3.93. The predicted octanol–water partition coefficient (Wildman–Crippen LogP) is 3.92. The molecule has 1 atom stereocenters. The molecule has 1 amide bonds. The quantitative estimate of drug-likeness (QED) is 0.420. The van der Waals surface area contributed by atoms with Gasteiger partial charge in [0, 0.05) is 12.5 Å². The van der Waals surface area contributed by atoms with Crippen LogP contribution in [0, 0.1) is 11.3 Å². The van der Waals surface area contributed by atoms with Crippen molar-refractivity contribution in [1.29, 1.82) is 0 Å². The van der Waals surface area contributed by atoms with Gasteiger partial charge >= 0.3 is 0 Å². The van der Waals surface area contributed by atoms with Gasteiger partial charge in [0.1, 0.15) is 0 Å². The zero-order valence-corrected chi connectivity index (χ0v) is 13.4. The van der Waals surface area contributed by atoms with Gasteiger partial charge in [0.2, 0.25) is 5.91 Å². The minimum absolute atomic E-state index is 0.214. The van der Waals surface area contributed by atoms with Crippen LogP contribution in [0.4, 0.5) is 0 Å². The number of amides is 1. The minimum atomic E-state index is 0.214. The average molecular weight is 351 g/mol. The van der Waals surface area contributed by atoms with Crippen LogP contribution < -0.4 is 5.32 Å². The van der Waals surface area contributed by atoms with E-state index in [0.717, 1.165) is 19.4 Å². The van der Waals surface area contributed by atoms with Gasteiger partial charge in [0.25, 0.3) is 0 Å². The third kappa shape index (κ3) is 5.14. The largest absolute Gasteiger partial charge is 0.356 e. The summed E-state index contributed by atoms with van der Waals surface area (Å²) in [6, 6.07) is 0. The normalized spacial score (nSPS) is 22.6. The van der Waals surface area contributed by atoms with E-state index in [9.17, 15) is 4.79 Å². The number of hydrogen-bond acceptors (Lipinski definition) is 1. The molecular weight excluding hydrogens is 325 g/mol. The highest BCUT2D eigenvalue weighted by Gasteiger charge is 2.38. The number of nitrogens with one attached hydrogen (secondary N) is 1. The van der Waals surface area contributed by atoms with Gasteiger partial charge in [-0.25, -0.2) is 0 Å². The van der Waals surface area contributed by atoms with Crippen LogP contribution in [0.2, 0.25) is 0 Å². The molecule has 1 saturated carbocycles. The van der Waals surface area contributed by atoms with Crippen LogP contribution in [0.3, 0.4) is 0 Å². The second kappa shape index (κ2) is 7.59. The van der Waals surface area contributed by atoms with Crippen molar-refractivity contribution in [3.63, 3.8) is 0 Å². The molecule has 1 fully saturated rings. The Morgan fingerprint density at radius 2 is 2.00 bits per heavy atom. The molecule has 0 heterocycles. The van der Waals surface area contributed by atoms with Gasteiger partial charge in [-0.05, 0) is 35.5 Å². The fourth-order valence-electron chi connectivity index (χ4n) is 2.72. The first-order valence-electron chi connectivity index (χ1n) is 6.91. The molecule has 0 saturated heterocycles. The number of carbonyl (C=O) groups is 1. The average Bonchev–Trinajstić information content (AvgIpc) is 2.63. The van der Waals surface area contributed by atoms with Gasteiger partial charge in [0.05, 0.1) is 0 Å². The van der Waals surface area contributed by atoms with E-state index in [-0.39, 0.29) is 11.3 Å². The highest BCUT2D eigenvalue weighted by Crippen LogP contribution is 2.42. The van der Waals surface area contributed by atoms with E-state index in [1.807, 2.05) is 0 Å². The van der Waals surface area contributed by atoms with Crippen molar-refractivity contribution in [2.24, 2.45) is 11.3 Å². The Morgan fingerprint density at radius 3 is 2.59 bits per heavy atom. The summed E-state index contributed by atoms with van der Waals surface area (Å²) in [5.41, 5.74) is 0.214. The van der Waals surface area contributed by atoms with Crippen molar-refractivity contribution in [3.8, 4) is 0 Å². The Labute approximate surface area is 119 Å². The fourth-order valence-corrected chi connectivity index (χ4v) is 3.26. The number of halogens is 1. The standard InChI is InChI=1S/C14H26INO/c1-14(2)9-7-8-12(14)13(17)16-11-6-4-3-5-10-15/h12H,3-11H2,1-2H3,(H,16,17). The summed E-state index contributed by atoms with van der Waals surface area (Å²) in [4.78, 5) is 12.0. The number of hydrogen-bond donors (Lipinski definition) is 1. The molecule has 1 aliphatic carbocycles. The zero-order valence-electron chi connectivity index (χ0n) is 11.2. The maximum absolute atomic E-state index is 12.0. The van der Waals surface area contributed by atoms with Crippen molar-refractivity contribution in [3.05, 3.63) is 0 Å². The summed E-state index contributed by atoms with van der Waals surface area (Å²) in [7, 11) is 0. The second-order valence-corrected chi connectivity index (χ2v) is 6.91. The summed E-state index contributed by atoms with van der Waals surface area (Å²) in [6.07, 6.45) is 8.47. The Balaban J connectivity index is 2.13. The topological polar surface area (TPSA) is 29.1 Å². The summed E-state index contributed by atoms with van der Waals surface area (Å²) < 4.78 is 1.25. The van der Waals surface area contributed by atoms with Gasteiger partial charge in [-0.3, -0.25) is 4.79 Å². The Morgan fingerprint density at radius 1 is 1.29 bits per heavy atom. The Hall–Kier alpha value is 0.200. The van der Waals surface area contributed by atoms with E-state index in [1.165, 1.54) is 36.5 Å². The lowest BCUT2D eigenvalue weighted by atomic mass is 9.81.